The van der Waals surface area contributed by atoms with Crippen LogP contribution in [0.3, 0.4) is 0 Å². The van der Waals surface area contributed by atoms with Crippen molar-refractivity contribution in [1.82, 2.24) is 10.2 Å². The van der Waals surface area contributed by atoms with Gasteiger partial charge in [-0.05, 0) is 13.5 Å². The van der Waals surface area contributed by atoms with Crippen molar-refractivity contribution in [3.8, 4) is 0 Å². The molecular weight excluding hydrogens is 284 g/mol. The van der Waals surface area contributed by atoms with Gasteiger partial charge in [0.15, 0.2) is 9.84 Å². The zero-order valence-corrected chi connectivity index (χ0v) is 13.3. The Balaban J connectivity index is 2.02. The first-order valence-corrected chi connectivity index (χ1v) is 9.89. The minimum Gasteiger partial charge on any atom is -0.381 e. The van der Waals surface area contributed by atoms with Gasteiger partial charge in [0.05, 0.1) is 6.61 Å². The number of hydrogen-bond donors (Lipinski definition) is 1. The Morgan fingerprint density at radius 2 is 2.26 bits per heavy atom. The van der Waals surface area contributed by atoms with Gasteiger partial charge in [0.1, 0.15) is 5.37 Å². The highest BCUT2D eigenvalue weighted by molar-refractivity contribution is 8.00. The number of hydrogen-bond acceptors (Lipinski definition) is 6. The molecule has 3 unspecified atom stereocenters. The lowest BCUT2D eigenvalue weighted by atomic mass is 9.95. The quantitative estimate of drug-likeness (QED) is 0.791. The van der Waals surface area contributed by atoms with E-state index in [1.54, 1.807) is 11.8 Å². The van der Waals surface area contributed by atoms with Crippen molar-refractivity contribution in [2.75, 3.05) is 51.1 Å². The maximum Gasteiger partial charge on any atom is 0.164 e. The number of thioether (sulfide) groups is 1. The predicted octanol–water partition coefficient (Wildman–Crippen LogP) is 0.0304. The molecule has 2 rings (SSSR count). The molecule has 2 aliphatic rings. The van der Waals surface area contributed by atoms with Gasteiger partial charge in [0.2, 0.25) is 0 Å². The molecule has 2 heterocycles. The summed E-state index contributed by atoms with van der Waals surface area (Å²) in [6.45, 7) is 3.19. The lowest BCUT2D eigenvalue weighted by Crippen LogP contribution is -2.53. The summed E-state index contributed by atoms with van der Waals surface area (Å²) in [4.78, 5) is 2.13. The lowest BCUT2D eigenvalue weighted by molar-refractivity contribution is 0.0178. The molecule has 2 saturated heterocycles. The van der Waals surface area contributed by atoms with Crippen LogP contribution in [-0.4, -0.2) is 75.8 Å². The van der Waals surface area contributed by atoms with E-state index in [1.165, 1.54) is 6.26 Å². The third kappa shape index (κ3) is 4.07. The zero-order valence-electron chi connectivity index (χ0n) is 11.7. The Labute approximate surface area is 120 Å². The van der Waals surface area contributed by atoms with Gasteiger partial charge in [-0.1, -0.05) is 0 Å². The highest BCUT2D eigenvalue weighted by atomic mass is 32.2. The topological polar surface area (TPSA) is 58.6 Å². The lowest BCUT2D eigenvalue weighted by Gasteiger charge is -2.39. The fourth-order valence-corrected chi connectivity index (χ4v) is 5.83. The molecule has 1 N–H and O–H groups in total. The minimum absolute atomic E-state index is 0.328. The fraction of sp³-hybridized carbons (Fsp3) is 1.00. The number of ether oxygens (including phenoxy) is 1. The third-order valence-corrected chi connectivity index (χ3v) is 6.69. The Morgan fingerprint density at radius 3 is 2.95 bits per heavy atom. The second kappa shape index (κ2) is 6.76. The molecule has 2 fully saturated rings. The summed E-state index contributed by atoms with van der Waals surface area (Å²) in [5.74, 6) is 2.09. The van der Waals surface area contributed by atoms with Crippen LogP contribution in [0.5, 0.6) is 0 Å². The van der Waals surface area contributed by atoms with E-state index in [4.69, 9.17) is 4.74 Å². The van der Waals surface area contributed by atoms with Crippen molar-refractivity contribution in [2.45, 2.75) is 17.8 Å². The highest BCUT2D eigenvalue weighted by Crippen LogP contribution is 2.24. The van der Waals surface area contributed by atoms with Gasteiger partial charge in [0.25, 0.3) is 0 Å². The molecule has 0 spiro atoms. The smallest absolute Gasteiger partial charge is 0.164 e. The van der Waals surface area contributed by atoms with E-state index >= 15 is 0 Å². The molecule has 0 amide bonds. The summed E-state index contributed by atoms with van der Waals surface area (Å²) in [5.41, 5.74) is 0. The predicted molar refractivity (Wildman–Crippen MR) is 79.3 cm³/mol. The SMILES string of the molecule is CNC1CCOCC1CN1CCSCC1S(C)(=O)=O. The standard InChI is InChI=1S/C12H24N2O3S2/c1-13-11-3-5-17-8-10(11)7-14-4-6-18-9-12(14)19(2,15)16/h10-13H,3-9H2,1-2H3. The van der Waals surface area contributed by atoms with Crippen LogP contribution in [0.4, 0.5) is 0 Å². The first kappa shape index (κ1) is 15.6. The number of nitrogens with zero attached hydrogens (tertiary/aromatic N) is 1. The van der Waals surface area contributed by atoms with Gasteiger partial charge in [0, 0.05) is 49.4 Å². The van der Waals surface area contributed by atoms with Crippen molar-refractivity contribution < 1.29 is 13.2 Å². The first-order chi connectivity index (χ1) is 9.02. The van der Waals surface area contributed by atoms with E-state index in [1.807, 2.05) is 7.05 Å². The van der Waals surface area contributed by atoms with E-state index in [0.29, 0.717) is 17.7 Å². The number of rotatable bonds is 4. The van der Waals surface area contributed by atoms with Gasteiger partial charge in [-0.25, -0.2) is 8.42 Å². The average molecular weight is 308 g/mol. The van der Waals surface area contributed by atoms with Crippen LogP contribution in [-0.2, 0) is 14.6 Å². The molecule has 7 heteroatoms. The Kier molecular flexibility index (Phi) is 5.54. The van der Waals surface area contributed by atoms with Crippen LogP contribution < -0.4 is 5.32 Å². The molecule has 0 bridgehead atoms. The summed E-state index contributed by atoms with van der Waals surface area (Å²) in [6.07, 6.45) is 2.36. The Hall–Kier alpha value is 0.180. The molecule has 0 aromatic heterocycles. The van der Waals surface area contributed by atoms with Crippen LogP contribution in [0, 0.1) is 5.92 Å². The molecule has 112 valence electrons. The summed E-state index contributed by atoms with van der Waals surface area (Å²) in [7, 11) is -1.03. The van der Waals surface area contributed by atoms with Crippen LogP contribution in [0.2, 0.25) is 0 Å². The van der Waals surface area contributed by atoms with Crippen molar-refractivity contribution in [2.24, 2.45) is 5.92 Å². The third-order valence-electron chi connectivity index (χ3n) is 4.00. The Bertz CT molecular complexity index is 388. The first-order valence-electron chi connectivity index (χ1n) is 6.78. The van der Waals surface area contributed by atoms with E-state index in [0.717, 1.165) is 38.5 Å². The molecule has 19 heavy (non-hydrogen) atoms. The van der Waals surface area contributed by atoms with E-state index in [-0.39, 0.29) is 5.37 Å². The van der Waals surface area contributed by atoms with Gasteiger partial charge in [-0.3, -0.25) is 4.90 Å². The molecule has 0 aromatic carbocycles. The van der Waals surface area contributed by atoms with Crippen LogP contribution in [0.25, 0.3) is 0 Å². The van der Waals surface area contributed by atoms with Gasteiger partial charge >= 0.3 is 0 Å². The highest BCUT2D eigenvalue weighted by Gasteiger charge is 2.34. The van der Waals surface area contributed by atoms with Gasteiger partial charge in [-0.2, -0.15) is 11.8 Å². The maximum atomic E-state index is 11.9. The molecule has 0 saturated carbocycles. The number of sulfone groups is 1. The van der Waals surface area contributed by atoms with Crippen molar-refractivity contribution >= 4 is 21.6 Å². The normalized spacial score (nSPS) is 34.3. The monoisotopic (exact) mass is 308 g/mol. The van der Waals surface area contributed by atoms with Crippen molar-refractivity contribution in [3.63, 3.8) is 0 Å². The van der Waals surface area contributed by atoms with Gasteiger partial charge in [-0.15, -0.1) is 0 Å². The summed E-state index contributed by atoms with van der Waals surface area (Å²) < 4.78 is 29.3. The molecular formula is C12H24N2O3S2. The summed E-state index contributed by atoms with van der Waals surface area (Å²) in [6, 6.07) is 0.434. The molecule has 0 radical (unpaired) electrons. The van der Waals surface area contributed by atoms with Crippen LogP contribution >= 0.6 is 11.8 Å². The van der Waals surface area contributed by atoms with Crippen LogP contribution in [0.15, 0.2) is 0 Å². The molecule has 0 aromatic rings. The second-order valence-corrected chi connectivity index (χ2v) is 8.73. The van der Waals surface area contributed by atoms with Crippen molar-refractivity contribution in [3.05, 3.63) is 0 Å². The van der Waals surface area contributed by atoms with Gasteiger partial charge < -0.3 is 10.1 Å². The largest absolute Gasteiger partial charge is 0.381 e. The fourth-order valence-electron chi connectivity index (χ4n) is 2.88. The minimum atomic E-state index is -3.01. The average Bonchev–Trinajstić information content (AvgIpc) is 2.39. The zero-order chi connectivity index (χ0) is 13.9. The number of nitrogens with one attached hydrogen (secondary N) is 1. The molecule has 0 aliphatic carbocycles. The molecule has 2 aliphatic heterocycles. The van der Waals surface area contributed by atoms with E-state index < -0.39 is 9.84 Å². The summed E-state index contributed by atoms with van der Waals surface area (Å²) >= 11 is 1.73. The maximum absolute atomic E-state index is 11.9. The summed E-state index contributed by atoms with van der Waals surface area (Å²) in [5, 5.41) is 3.01. The van der Waals surface area contributed by atoms with Crippen LogP contribution in [0.1, 0.15) is 6.42 Å². The molecule has 3 atom stereocenters. The molecule has 5 nitrogen and oxygen atoms in total. The van der Waals surface area contributed by atoms with E-state index in [9.17, 15) is 8.42 Å². The van der Waals surface area contributed by atoms with Crippen molar-refractivity contribution in [1.29, 1.82) is 0 Å². The Morgan fingerprint density at radius 1 is 1.47 bits per heavy atom. The second-order valence-electron chi connectivity index (χ2n) is 5.37. The van der Waals surface area contributed by atoms with E-state index in [2.05, 4.69) is 10.2 Å².